The van der Waals surface area contributed by atoms with Crippen molar-refractivity contribution in [2.24, 2.45) is 12.0 Å². The number of rotatable bonds is 5. The summed E-state index contributed by atoms with van der Waals surface area (Å²) in [5.74, 6) is 0.822. The van der Waals surface area contributed by atoms with E-state index in [0.717, 1.165) is 31.2 Å². The first-order chi connectivity index (χ1) is 11.1. The van der Waals surface area contributed by atoms with Crippen LogP contribution in [0.4, 0.5) is 0 Å². The highest BCUT2D eigenvalue weighted by molar-refractivity contribution is 14.0. The normalized spacial score (nSPS) is 18.0. The quantitative estimate of drug-likeness (QED) is 0.296. The molecule has 1 saturated heterocycles. The Labute approximate surface area is 160 Å². The molecule has 8 nitrogen and oxygen atoms in total. The fourth-order valence-corrected chi connectivity index (χ4v) is 2.47. The number of hydrogen-bond donors (Lipinski definition) is 2. The van der Waals surface area contributed by atoms with Gasteiger partial charge in [0.25, 0.3) is 0 Å². The van der Waals surface area contributed by atoms with Crippen LogP contribution in [0.2, 0.25) is 0 Å². The van der Waals surface area contributed by atoms with Crippen LogP contribution in [0.3, 0.4) is 0 Å². The van der Waals surface area contributed by atoms with Gasteiger partial charge in [-0.3, -0.25) is 14.5 Å². The van der Waals surface area contributed by atoms with Crippen LogP contribution in [0.15, 0.2) is 17.4 Å². The molecule has 0 aromatic carbocycles. The lowest BCUT2D eigenvalue weighted by Crippen LogP contribution is -2.48. The minimum absolute atomic E-state index is 0. The molecule has 1 aliphatic heterocycles. The molecule has 1 fully saturated rings. The van der Waals surface area contributed by atoms with Crippen LogP contribution >= 0.6 is 24.0 Å². The summed E-state index contributed by atoms with van der Waals surface area (Å²) in [4.78, 5) is 17.7. The van der Waals surface area contributed by atoms with E-state index in [1.165, 1.54) is 6.92 Å². The maximum absolute atomic E-state index is 10.9. The van der Waals surface area contributed by atoms with E-state index in [1.807, 2.05) is 26.4 Å². The first kappa shape index (κ1) is 20.7. The Morgan fingerprint density at radius 1 is 1.50 bits per heavy atom. The zero-order valence-corrected chi connectivity index (χ0v) is 16.8. The smallest absolute Gasteiger partial charge is 0.216 e. The second-order valence-electron chi connectivity index (χ2n) is 5.47. The van der Waals surface area contributed by atoms with Gasteiger partial charge in [-0.05, 0) is 6.92 Å². The number of amides is 1. The number of aryl methyl sites for hydroxylation is 1. The number of aliphatic imine (C=N–C) groups is 1. The molecule has 2 heterocycles. The van der Waals surface area contributed by atoms with Gasteiger partial charge in [-0.15, -0.1) is 24.0 Å². The predicted molar refractivity (Wildman–Crippen MR) is 104 cm³/mol. The number of morpholine rings is 1. The molecule has 2 rings (SSSR count). The molecule has 0 spiro atoms. The molecule has 1 aliphatic rings. The van der Waals surface area contributed by atoms with Crippen molar-refractivity contribution >= 4 is 35.8 Å². The van der Waals surface area contributed by atoms with Crippen LogP contribution in [-0.4, -0.2) is 65.9 Å². The van der Waals surface area contributed by atoms with Crippen LogP contribution in [-0.2, 0) is 16.6 Å². The minimum atomic E-state index is -0.0341. The third-order valence-corrected chi connectivity index (χ3v) is 3.54. The molecule has 1 unspecified atom stereocenters. The number of nitrogens with zero attached hydrogens (tertiary/aromatic N) is 4. The Kier molecular flexibility index (Phi) is 9.04. The number of halogens is 1. The molecule has 9 heteroatoms. The second kappa shape index (κ2) is 10.5. The van der Waals surface area contributed by atoms with Crippen LogP contribution in [0.5, 0.6) is 0 Å². The number of carbonyl (C=O) groups excluding carboxylic acids is 1. The van der Waals surface area contributed by atoms with Gasteiger partial charge in [-0.1, -0.05) is 0 Å². The Morgan fingerprint density at radius 3 is 2.92 bits per heavy atom. The number of guanidine groups is 1. The van der Waals surface area contributed by atoms with Gasteiger partial charge in [0, 0.05) is 45.4 Å². The first-order valence-electron chi connectivity index (χ1n) is 7.98. The Balaban J connectivity index is 0.00000288. The summed E-state index contributed by atoms with van der Waals surface area (Å²) in [6, 6.07) is 0. The third-order valence-electron chi connectivity index (χ3n) is 3.54. The molecule has 24 heavy (non-hydrogen) atoms. The number of carbonyl (C=O) groups is 1. The SMILES string of the molecule is CCNC(=NCCNC(C)=O)N1CCOC(c2cnn(C)c2)C1.I. The van der Waals surface area contributed by atoms with Crippen molar-refractivity contribution in [1.82, 2.24) is 25.3 Å². The van der Waals surface area contributed by atoms with Crippen LogP contribution in [0, 0.1) is 0 Å². The number of ether oxygens (including phenoxy) is 1. The highest BCUT2D eigenvalue weighted by atomic mass is 127. The molecule has 0 radical (unpaired) electrons. The van der Waals surface area contributed by atoms with Crippen molar-refractivity contribution in [3.8, 4) is 0 Å². The van der Waals surface area contributed by atoms with E-state index in [4.69, 9.17) is 4.74 Å². The topological polar surface area (TPSA) is 83.8 Å². The van der Waals surface area contributed by atoms with Crippen molar-refractivity contribution in [2.75, 3.05) is 39.3 Å². The first-order valence-corrected chi connectivity index (χ1v) is 7.98. The third kappa shape index (κ3) is 6.27. The number of nitrogens with one attached hydrogen (secondary N) is 2. The standard InChI is InChI=1S/C15H26N6O2.HI/c1-4-16-15(18-6-5-17-12(2)22)21-7-8-23-14(11-21)13-9-19-20(3)10-13;/h9-10,14H,4-8,11H2,1-3H3,(H,16,18)(H,17,22);1H. The van der Waals surface area contributed by atoms with E-state index in [9.17, 15) is 4.79 Å². The van der Waals surface area contributed by atoms with E-state index in [2.05, 4.69) is 25.6 Å². The van der Waals surface area contributed by atoms with Gasteiger partial charge >= 0.3 is 0 Å². The molecular formula is C15H27IN6O2. The monoisotopic (exact) mass is 450 g/mol. The average Bonchev–Trinajstić information content (AvgIpc) is 2.97. The zero-order valence-electron chi connectivity index (χ0n) is 14.5. The molecule has 0 bridgehead atoms. The Hall–Kier alpha value is -1.36. The molecule has 1 atom stereocenters. The van der Waals surface area contributed by atoms with Gasteiger partial charge in [-0.2, -0.15) is 5.10 Å². The van der Waals surface area contributed by atoms with E-state index in [0.29, 0.717) is 19.7 Å². The second-order valence-corrected chi connectivity index (χ2v) is 5.47. The summed E-state index contributed by atoms with van der Waals surface area (Å²) in [7, 11) is 1.90. The van der Waals surface area contributed by atoms with Crippen molar-refractivity contribution in [3.05, 3.63) is 18.0 Å². The van der Waals surface area contributed by atoms with Crippen molar-refractivity contribution in [3.63, 3.8) is 0 Å². The fraction of sp³-hybridized carbons (Fsp3) is 0.667. The van der Waals surface area contributed by atoms with E-state index in [1.54, 1.807) is 4.68 Å². The lowest BCUT2D eigenvalue weighted by atomic mass is 10.1. The van der Waals surface area contributed by atoms with Gasteiger partial charge < -0.3 is 20.3 Å². The van der Waals surface area contributed by atoms with Crippen molar-refractivity contribution in [1.29, 1.82) is 0 Å². The largest absolute Gasteiger partial charge is 0.370 e. The summed E-state index contributed by atoms with van der Waals surface area (Å²) in [5.41, 5.74) is 1.08. The molecule has 0 aliphatic carbocycles. The lowest BCUT2D eigenvalue weighted by Gasteiger charge is -2.34. The van der Waals surface area contributed by atoms with E-state index < -0.39 is 0 Å². The molecular weight excluding hydrogens is 423 g/mol. The Morgan fingerprint density at radius 2 is 2.29 bits per heavy atom. The molecule has 1 aromatic rings. The van der Waals surface area contributed by atoms with Crippen molar-refractivity contribution < 1.29 is 9.53 Å². The average molecular weight is 450 g/mol. The fourth-order valence-electron chi connectivity index (χ4n) is 2.47. The van der Waals surface area contributed by atoms with Gasteiger partial charge in [0.05, 0.1) is 25.9 Å². The molecule has 1 amide bonds. The summed E-state index contributed by atoms with van der Waals surface area (Å²) >= 11 is 0. The van der Waals surface area contributed by atoms with Crippen LogP contribution in [0.25, 0.3) is 0 Å². The van der Waals surface area contributed by atoms with Crippen LogP contribution in [0.1, 0.15) is 25.5 Å². The summed E-state index contributed by atoms with van der Waals surface area (Å²) in [6.07, 6.45) is 3.82. The molecule has 0 saturated carbocycles. The molecule has 2 N–H and O–H groups in total. The van der Waals surface area contributed by atoms with E-state index in [-0.39, 0.29) is 36.0 Å². The summed E-state index contributed by atoms with van der Waals surface area (Å²) in [5, 5.41) is 10.3. The number of aromatic nitrogens is 2. The lowest BCUT2D eigenvalue weighted by molar-refractivity contribution is -0.118. The maximum atomic E-state index is 10.9. The minimum Gasteiger partial charge on any atom is -0.370 e. The van der Waals surface area contributed by atoms with Gasteiger partial charge in [0.2, 0.25) is 5.91 Å². The molecule has 136 valence electrons. The highest BCUT2D eigenvalue weighted by Gasteiger charge is 2.25. The predicted octanol–water partition coefficient (Wildman–Crippen LogP) is 0.513. The van der Waals surface area contributed by atoms with Gasteiger partial charge in [-0.25, -0.2) is 0 Å². The zero-order chi connectivity index (χ0) is 16.7. The highest BCUT2D eigenvalue weighted by Crippen LogP contribution is 2.21. The van der Waals surface area contributed by atoms with Gasteiger partial charge in [0.1, 0.15) is 6.10 Å². The van der Waals surface area contributed by atoms with Crippen LogP contribution < -0.4 is 10.6 Å². The maximum Gasteiger partial charge on any atom is 0.216 e. The van der Waals surface area contributed by atoms with Crippen molar-refractivity contribution in [2.45, 2.75) is 20.0 Å². The summed E-state index contributed by atoms with van der Waals surface area (Å²) < 4.78 is 7.64. The Bertz CT molecular complexity index is 548. The summed E-state index contributed by atoms with van der Waals surface area (Å²) in [6.45, 7) is 7.62. The van der Waals surface area contributed by atoms with Gasteiger partial charge in [0.15, 0.2) is 5.96 Å². The number of hydrogen-bond acceptors (Lipinski definition) is 4. The van der Waals surface area contributed by atoms with E-state index >= 15 is 0 Å². The molecule has 1 aromatic heterocycles.